The third-order valence-electron chi connectivity index (χ3n) is 9.38. The molecule has 13 nitrogen and oxygen atoms in total. The molecule has 0 radical (unpaired) electrons. The molecule has 4 aliphatic rings. The van der Waals surface area contributed by atoms with Crippen molar-refractivity contribution >= 4 is 40.8 Å². The summed E-state index contributed by atoms with van der Waals surface area (Å²) in [4.78, 5) is 59.8. The second-order valence-corrected chi connectivity index (χ2v) is 13.1. The summed E-state index contributed by atoms with van der Waals surface area (Å²) in [7, 11) is 0. The van der Waals surface area contributed by atoms with E-state index in [0.717, 1.165) is 83.1 Å². The zero-order valence-corrected chi connectivity index (χ0v) is 26.2. The first kappa shape index (κ1) is 29.5. The van der Waals surface area contributed by atoms with Crippen molar-refractivity contribution in [3.05, 3.63) is 59.9 Å². The molecule has 1 saturated heterocycles. The van der Waals surface area contributed by atoms with Gasteiger partial charge in [0.25, 0.3) is 5.91 Å². The third-order valence-corrected chi connectivity index (χ3v) is 9.38. The van der Waals surface area contributed by atoms with Crippen molar-refractivity contribution in [2.24, 2.45) is 11.8 Å². The third kappa shape index (κ3) is 5.91. The number of carbonyl (C=O) groups excluding carboxylic acids is 3. The van der Waals surface area contributed by atoms with E-state index < -0.39 is 6.04 Å². The lowest BCUT2D eigenvalue weighted by Gasteiger charge is -2.21. The van der Waals surface area contributed by atoms with E-state index in [-0.39, 0.29) is 42.8 Å². The molecule has 13 heteroatoms. The first-order valence-corrected chi connectivity index (χ1v) is 16.5. The number of hydrogen-bond acceptors (Lipinski definition) is 9. The number of imidazole rings is 1. The van der Waals surface area contributed by atoms with Crippen molar-refractivity contribution in [3.8, 4) is 11.3 Å². The smallest absolute Gasteiger partial charge is 0.332 e. The van der Waals surface area contributed by atoms with E-state index in [0.29, 0.717) is 30.5 Å². The molecular formula is C34H37N9O4. The van der Waals surface area contributed by atoms with E-state index in [4.69, 9.17) is 9.97 Å². The minimum atomic E-state index is -0.522. The monoisotopic (exact) mass is 635 g/mol. The van der Waals surface area contributed by atoms with Gasteiger partial charge in [-0.15, -0.1) is 0 Å². The Morgan fingerprint density at radius 2 is 1.85 bits per heavy atom. The lowest BCUT2D eigenvalue weighted by atomic mass is 10.1. The number of aromatic nitrogens is 5. The summed E-state index contributed by atoms with van der Waals surface area (Å²) in [5.74, 6) is 0.763. The molecule has 3 N–H and O–H groups in total. The fourth-order valence-corrected chi connectivity index (χ4v) is 6.36. The summed E-state index contributed by atoms with van der Waals surface area (Å²) >= 11 is 0. The molecule has 3 saturated carbocycles. The van der Waals surface area contributed by atoms with Gasteiger partial charge in [0.05, 0.1) is 35.9 Å². The number of aliphatic hydroxyl groups is 1. The number of rotatable bonds is 12. The van der Waals surface area contributed by atoms with Crippen LogP contribution in [-0.4, -0.2) is 77.9 Å². The van der Waals surface area contributed by atoms with Gasteiger partial charge < -0.3 is 14.8 Å². The summed E-state index contributed by atoms with van der Waals surface area (Å²) in [6.45, 7) is 2.30. The molecule has 47 heavy (non-hydrogen) atoms. The van der Waals surface area contributed by atoms with E-state index in [1.165, 1.54) is 0 Å². The van der Waals surface area contributed by atoms with Crippen LogP contribution in [0.3, 0.4) is 0 Å². The first-order valence-electron chi connectivity index (χ1n) is 16.5. The van der Waals surface area contributed by atoms with E-state index in [9.17, 15) is 19.5 Å². The molecule has 3 aliphatic carbocycles. The minimum absolute atomic E-state index is 0.00261. The Labute approximate surface area is 271 Å². The summed E-state index contributed by atoms with van der Waals surface area (Å²) in [5, 5.41) is 15.8. The van der Waals surface area contributed by atoms with Gasteiger partial charge in [0.1, 0.15) is 11.7 Å². The fourth-order valence-electron chi connectivity index (χ4n) is 6.36. The van der Waals surface area contributed by atoms with E-state index in [1.54, 1.807) is 11.1 Å². The summed E-state index contributed by atoms with van der Waals surface area (Å²) < 4.78 is 1.90. The summed E-state index contributed by atoms with van der Waals surface area (Å²) in [6.07, 6.45) is 12.1. The zero-order valence-electron chi connectivity index (χ0n) is 26.2. The maximum Gasteiger partial charge on any atom is 0.332 e. The highest BCUT2D eigenvalue weighted by Crippen LogP contribution is 2.42. The van der Waals surface area contributed by atoms with Gasteiger partial charge in [0.15, 0.2) is 0 Å². The Morgan fingerprint density at radius 3 is 2.57 bits per heavy atom. The van der Waals surface area contributed by atoms with Gasteiger partial charge in [0, 0.05) is 60.3 Å². The number of nitrogens with one attached hydrogen (secondary N) is 2. The van der Waals surface area contributed by atoms with Crippen molar-refractivity contribution in [3.63, 3.8) is 0 Å². The molecule has 4 aromatic heterocycles. The lowest BCUT2D eigenvalue weighted by molar-refractivity contribution is -0.128. The molecule has 8 rings (SSSR count). The highest BCUT2D eigenvalue weighted by Gasteiger charge is 2.52. The van der Waals surface area contributed by atoms with Crippen LogP contribution in [0.2, 0.25) is 0 Å². The second-order valence-electron chi connectivity index (χ2n) is 13.1. The van der Waals surface area contributed by atoms with Gasteiger partial charge in [-0.3, -0.25) is 29.7 Å². The van der Waals surface area contributed by atoms with Gasteiger partial charge in [-0.25, -0.2) is 19.7 Å². The molecule has 0 spiro atoms. The van der Waals surface area contributed by atoms with Crippen LogP contribution in [0.1, 0.15) is 61.5 Å². The Morgan fingerprint density at radius 1 is 1.02 bits per heavy atom. The van der Waals surface area contributed by atoms with Gasteiger partial charge >= 0.3 is 6.03 Å². The number of pyridine rings is 2. The van der Waals surface area contributed by atoms with Gasteiger partial charge in [-0.1, -0.05) is 0 Å². The number of urea groups is 1. The highest BCUT2D eigenvalue weighted by molar-refractivity contribution is 6.14. The Hall–Kier alpha value is -4.91. The van der Waals surface area contributed by atoms with Crippen molar-refractivity contribution in [1.82, 2.24) is 29.2 Å². The minimum Gasteiger partial charge on any atom is -0.395 e. The Kier molecular flexibility index (Phi) is 7.35. The second kappa shape index (κ2) is 11.7. The van der Waals surface area contributed by atoms with Crippen LogP contribution in [0, 0.1) is 18.8 Å². The maximum absolute atomic E-state index is 13.2. The number of fused-ring (bicyclic) bond motifs is 1. The molecule has 4 fully saturated rings. The van der Waals surface area contributed by atoms with Crippen LogP contribution in [0.4, 0.5) is 22.1 Å². The maximum atomic E-state index is 13.2. The molecule has 5 heterocycles. The van der Waals surface area contributed by atoms with Crippen LogP contribution in [-0.2, 0) is 16.0 Å². The van der Waals surface area contributed by atoms with Crippen LogP contribution in [0.15, 0.2) is 42.9 Å². The molecule has 4 aromatic rings. The number of aryl methyl sites for hydroxylation is 1. The van der Waals surface area contributed by atoms with E-state index in [2.05, 4.69) is 26.7 Å². The van der Waals surface area contributed by atoms with Crippen LogP contribution in [0.5, 0.6) is 0 Å². The van der Waals surface area contributed by atoms with E-state index >= 15 is 0 Å². The highest BCUT2D eigenvalue weighted by atomic mass is 16.3. The number of nitrogens with zero attached hydrogens (tertiary/aromatic N) is 7. The van der Waals surface area contributed by atoms with Crippen molar-refractivity contribution < 1.29 is 19.5 Å². The number of aliphatic hydroxyl groups excluding tert-OH is 1. The predicted octanol–water partition coefficient (Wildman–Crippen LogP) is 3.91. The van der Waals surface area contributed by atoms with E-state index in [1.807, 2.05) is 41.9 Å². The molecule has 4 amide bonds. The Balaban J connectivity index is 0.970. The Bertz CT molecular complexity index is 1900. The molecule has 242 valence electrons. The normalized spacial score (nSPS) is 19.6. The topological polar surface area (TPSA) is 158 Å². The molecule has 0 bridgehead atoms. The van der Waals surface area contributed by atoms with Gasteiger partial charge in [-0.05, 0) is 75.6 Å². The fraction of sp³-hybridized carbons (Fsp3) is 0.441. The molecular weight excluding hydrogens is 598 g/mol. The number of amides is 4. The summed E-state index contributed by atoms with van der Waals surface area (Å²) in [5.41, 5.74) is 6.69. The largest absolute Gasteiger partial charge is 0.395 e. The SMILES string of the molecule is Cc1nc(NC(=O)C2CC2)ncc1-c1cc(NCCc2cn3cc(N4C(=O)N(CCO)C(=O)C4C4CC4)ccc3n2)cc(C2CC2)n1. The average Bonchev–Trinajstić information content (AvgIpc) is 3.92. The number of carbonyl (C=O) groups is 3. The van der Waals surface area contributed by atoms with Crippen LogP contribution >= 0.6 is 0 Å². The van der Waals surface area contributed by atoms with Crippen molar-refractivity contribution in [1.29, 1.82) is 0 Å². The number of hydrogen-bond donors (Lipinski definition) is 3. The molecule has 1 atom stereocenters. The van der Waals surface area contributed by atoms with Gasteiger partial charge in [-0.2, -0.15) is 0 Å². The number of β-amino-alcohol motifs (C(OH)–C–C–N with tert-alkyl or cyclic N) is 1. The predicted molar refractivity (Wildman–Crippen MR) is 174 cm³/mol. The zero-order chi connectivity index (χ0) is 32.2. The quantitative estimate of drug-likeness (QED) is 0.196. The van der Waals surface area contributed by atoms with Crippen LogP contribution in [0.25, 0.3) is 16.9 Å². The molecule has 1 unspecified atom stereocenters. The van der Waals surface area contributed by atoms with Crippen molar-refractivity contribution in [2.75, 3.05) is 35.2 Å². The molecule has 1 aliphatic heterocycles. The summed E-state index contributed by atoms with van der Waals surface area (Å²) in [6, 6.07) is 6.93. The van der Waals surface area contributed by atoms with Crippen molar-refractivity contribution in [2.45, 2.75) is 63.8 Å². The standard InChI is InChI=1S/C34H37N9O4/c1-19-26(16-36-33(37-19)40-31(45)22-6-7-22)28-15-24(14-27(39-28)20-2-3-20)35-11-10-23-17-41-18-25(8-9-29(41)38-23)43-30(21-4-5-21)32(46)42(12-13-44)34(43)47/h8-9,14-18,20-22,30,44H,2-7,10-13H2,1H3,(H,35,39)(H,36,37,40,45). The number of anilines is 3. The average molecular weight is 636 g/mol. The molecule has 0 aromatic carbocycles. The lowest BCUT2D eigenvalue weighted by Crippen LogP contribution is -2.37. The number of imide groups is 1. The van der Waals surface area contributed by atoms with Gasteiger partial charge in [0.2, 0.25) is 11.9 Å². The van der Waals surface area contributed by atoms with Crippen LogP contribution < -0.4 is 15.5 Å². The first-order chi connectivity index (χ1) is 22.9.